The summed E-state index contributed by atoms with van der Waals surface area (Å²) in [6.45, 7) is 3.70. The molecule has 2 aliphatic rings. The highest BCUT2D eigenvalue weighted by Crippen LogP contribution is 2.50. The Balaban J connectivity index is 1.38. The summed E-state index contributed by atoms with van der Waals surface area (Å²) in [5.74, 6) is 0.442. The Morgan fingerprint density at radius 3 is 2.32 bits per heavy atom. The predicted molar refractivity (Wildman–Crippen MR) is 198 cm³/mol. The van der Waals surface area contributed by atoms with Crippen molar-refractivity contribution in [1.82, 2.24) is 30.2 Å². The van der Waals surface area contributed by atoms with Crippen LogP contribution in [-0.4, -0.2) is 37.7 Å². The van der Waals surface area contributed by atoms with E-state index in [-0.39, 0.29) is 17.5 Å². The number of hydrogen-bond acceptors (Lipinski definition) is 7. The number of carbonyl (C=O) groups excluding carboxylic acids is 1. The number of nitrogens with one attached hydrogen (secondary N) is 2. The molecule has 0 aliphatic carbocycles. The Bertz CT molecular complexity index is 2320. The van der Waals surface area contributed by atoms with E-state index < -0.39 is 11.6 Å². The van der Waals surface area contributed by atoms with Crippen molar-refractivity contribution in [2.24, 2.45) is 0 Å². The maximum absolute atomic E-state index is 14.6. The van der Waals surface area contributed by atoms with Crippen LogP contribution in [0, 0.1) is 10.5 Å². The van der Waals surface area contributed by atoms with Crippen LogP contribution < -0.4 is 20.1 Å². The van der Waals surface area contributed by atoms with Crippen LogP contribution in [0.1, 0.15) is 35.2 Å². The second kappa shape index (κ2) is 12.3. The summed E-state index contributed by atoms with van der Waals surface area (Å²) in [4.78, 5) is 14.6. The fraction of sp³-hybridized carbons (Fsp3) is 0.132. The molecule has 2 aliphatic heterocycles. The molecule has 0 saturated heterocycles. The lowest BCUT2D eigenvalue weighted by Gasteiger charge is -2.42. The third-order valence-corrected chi connectivity index (χ3v) is 10.2. The summed E-state index contributed by atoms with van der Waals surface area (Å²) in [5, 5.41) is 27.7. The zero-order valence-corrected chi connectivity index (χ0v) is 30.0. The van der Waals surface area contributed by atoms with Crippen molar-refractivity contribution >= 4 is 40.1 Å². The fourth-order valence-corrected chi connectivity index (χ4v) is 7.65. The van der Waals surface area contributed by atoms with Crippen molar-refractivity contribution < 1.29 is 19.4 Å². The van der Waals surface area contributed by atoms with Gasteiger partial charge in [0, 0.05) is 27.9 Å². The summed E-state index contributed by atoms with van der Waals surface area (Å²) in [6, 6.07) is 30.4. The van der Waals surface area contributed by atoms with Gasteiger partial charge in [-0.15, -0.1) is 0 Å². The van der Waals surface area contributed by atoms with Crippen LogP contribution in [0.15, 0.2) is 115 Å². The van der Waals surface area contributed by atoms with Gasteiger partial charge in [-0.05, 0) is 97.1 Å². The molecule has 0 saturated carbocycles. The Morgan fingerprint density at radius 2 is 1.64 bits per heavy atom. The second-order valence-electron chi connectivity index (χ2n) is 12.3. The number of para-hydroxylation sites is 2. The first-order valence-electron chi connectivity index (χ1n) is 15.8. The number of aryl methyl sites for hydroxylation is 1. The van der Waals surface area contributed by atoms with Crippen molar-refractivity contribution in [2.45, 2.75) is 25.4 Å². The number of halogens is 2. The molecule has 0 radical (unpaired) electrons. The van der Waals surface area contributed by atoms with Crippen molar-refractivity contribution in [1.29, 1.82) is 0 Å². The smallest absolute Gasteiger partial charge is 0.255 e. The van der Waals surface area contributed by atoms with E-state index in [4.69, 9.17) is 31.3 Å². The number of rotatable bonds is 6. The van der Waals surface area contributed by atoms with Gasteiger partial charge in [-0.1, -0.05) is 48.0 Å². The molecule has 12 heteroatoms. The molecule has 0 spiro atoms. The number of methoxy groups -OCH3 is 1. The van der Waals surface area contributed by atoms with E-state index in [0.717, 1.165) is 28.1 Å². The molecule has 2 atom stereocenters. The van der Waals surface area contributed by atoms with E-state index in [1.54, 1.807) is 30.8 Å². The minimum atomic E-state index is -1.24. The van der Waals surface area contributed by atoms with Gasteiger partial charge in [0.15, 0.2) is 0 Å². The monoisotopic (exact) mass is 796 g/mol. The quantitative estimate of drug-likeness (QED) is 0.151. The molecule has 250 valence electrons. The number of aromatic hydroxyl groups is 1. The van der Waals surface area contributed by atoms with Gasteiger partial charge in [-0.3, -0.25) is 4.79 Å². The van der Waals surface area contributed by atoms with Crippen molar-refractivity contribution in [3.05, 3.63) is 146 Å². The largest absolute Gasteiger partial charge is 0.507 e. The third-order valence-electron chi connectivity index (χ3n) is 9.07. The molecule has 10 nitrogen and oxygen atoms in total. The van der Waals surface area contributed by atoms with Crippen LogP contribution in [0.5, 0.6) is 17.4 Å². The number of aromatic nitrogens is 4. The number of benzene rings is 4. The molecule has 3 N–H and O–H groups in total. The van der Waals surface area contributed by atoms with Crippen LogP contribution in [-0.2, 0) is 10.5 Å². The van der Waals surface area contributed by atoms with Gasteiger partial charge in [0.05, 0.1) is 50.5 Å². The Hall–Kier alpha value is -5.27. The molecule has 4 aromatic carbocycles. The molecular weight excluding hydrogens is 767 g/mol. The number of hydrogen-bond donors (Lipinski definition) is 3. The maximum Gasteiger partial charge on any atom is 0.255 e. The topological polar surface area (TPSA) is 115 Å². The average molecular weight is 797 g/mol. The standard InChI is InChI=1S/C38H30ClIN6O4/c1-21-31-32(26-20-45(23-10-6-4-7-11-23)44-34(26)22-14-16-25(49-3)17-15-22)33-35(48)41-38(2,27-18-30(47)29(40)19-28(27)39)42-36(33)50-37(31)46(43-21)24-12-8-5-9-13-24/h4-20,32,42,47H,1-3H3,(H,41,48). The molecule has 6 aromatic rings. The molecule has 2 aromatic heterocycles. The van der Waals surface area contributed by atoms with Gasteiger partial charge in [-0.2, -0.15) is 10.2 Å². The molecule has 2 unspecified atom stereocenters. The van der Waals surface area contributed by atoms with E-state index in [0.29, 0.717) is 42.7 Å². The second-order valence-corrected chi connectivity index (χ2v) is 13.8. The van der Waals surface area contributed by atoms with Crippen molar-refractivity contribution in [3.63, 3.8) is 0 Å². The third kappa shape index (κ3) is 5.28. The normalized spacial score (nSPS) is 18.1. The van der Waals surface area contributed by atoms with Crippen LogP contribution in [0.2, 0.25) is 5.02 Å². The Labute approximate surface area is 306 Å². The number of nitrogens with zero attached hydrogens (tertiary/aromatic N) is 4. The SMILES string of the molecule is COc1ccc(-c2nn(-c3ccccc3)cc2C2C3=C(NC(C)(c4cc(O)c(I)cc4Cl)NC3=O)Oc3c2c(C)nn3-c2ccccc2)cc1. The van der Waals surface area contributed by atoms with Gasteiger partial charge in [0.1, 0.15) is 17.2 Å². The number of carbonyl (C=O) groups is 1. The Kier molecular flexibility index (Phi) is 7.83. The molecule has 1 amide bonds. The first-order valence-corrected chi connectivity index (χ1v) is 17.3. The van der Waals surface area contributed by atoms with Gasteiger partial charge in [0.25, 0.3) is 5.91 Å². The highest BCUT2D eigenvalue weighted by molar-refractivity contribution is 14.1. The highest BCUT2D eigenvalue weighted by atomic mass is 127. The summed E-state index contributed by atoms with van der Waals surface area (Å²) < 4.78 is 16.3. The fourth-order valence-electron chi connectivity index (χ4n) is 6.65. The van der Waals surface area contributed by atoms with E-state index in [1.165, 1.54) is 0 Å². The van der Waals surface area contributed by atoms with E-state index in [1.807, 2.05) is 125 Å². The van der Waals surface area contributed by atoms with Crippen LogP contribution in [0.4, 0.5) is 0 Å². The van der Waals surface area contributed by atoms with Crippen molar-refractivity contribution in [3.8, 4) is 40.0 Å². The number of phenolic OH excluding ortho intramolecular Hbond substituents is 1. The number of amides is 1. The van der Waals surface area contributed by atoms with Gasteiger partial charge < -0.3 is 25.2 Å². The lowest BCUT2D eigenvalue weighted by atomic mass is 9.81. The molecular formula is C38H30ClIN6O4. The lowest BCUT2D eigenvalue weighted by molar-refractivity contribution is -0.121. The Morgan fingerprint density at radius 1 is 0.960 bits per heavy atom. The highest BCUT2D eigenvalue weighted by Gasteiger charge is 2.48. The molecule has 0 fully saturated rings. The average Bonchev–Trinajstić information content (AvgIpc) is 3.71. The van der Waals surface area contributed by atoms with Gasteiger partial charge >= 0.3 is 0 Å². The summed E-state index contributed by atoms with van der Waals surface area (Å²) in [6.07, 6.45) is 1.97. The van der Waals surface area contributed by atoms with E-state index in [2.05, 4.69) is 10.6 Å². The summed E-state index contributed by atoms with van der Waals surface area (Å²) in [5.41, 5.74) is 4.98. The number of ether oxygens (including phenoxy) is 2. The van der Waals surface area contributed by atoms with Gasteiger partial charge in [0.2, 0.25) is 11.8 Å². The van der Waals surface area contributed by atoms with Crippen LogP contribution in [0.3, 0.4) is 0 Å². The van der Waals surface area contributed by atoms with Crippen LogP contribution >= 0.6 is 34.2 Å². The van der Waals surface area contributed by atoms with E-state index in [9.17, 15) is 9.90 Å². The molecule has 8 rings (SSSR count). The van der Waals surface area contributed by atoms with E-state index >= 15 is 0 Å². The minimum absolute atomic E-state index is 0.0435. The first kappa shape index (κ1) is 32.0. The molecule has 0 bridgehead atoms. The first-order chi connectivity index (χ1) is 24.1. The number of fused-ring (bicyclic) bond motifs is 1. The van der Waals surface area contributed by atoms with Crippen molar-refractivity contribution in [2.75, 3.05) is 7.11 Å². The zero-order chi connectivity index (χ0) is 34.7. The zero-order valence-electron chi connectivity index (χ0n) is 27.1. The molecule has 50 heavy (non-hydrogen) atoms. The van der Waals surface area contributed by atoms with Crippen LogP contribution in [0.25, 0.3) is 22.6 Å². The minimum Gasteiger partial charge on any atom is -0.507 e. The summed E-state index contributed by atoms with van der Waals surface area (Å²) in [7, 11) is 1.63. The lowest BCUT2D eigenvalue weighted by Crippen LogP contribution is -2.60. The maximum atomic E-state index is 14.6. The van der Waals surface area contributed by atoms with Gasteiger partial charge in [-0.25, -0.2) is 9.36 Å². The predicted octanol–water partition coefficient (Wildman–Crippen LogP) is 7.33. The number of phenols is 1. The molecule has 4 heterocycles. The summed E-state index contributed by atoms with van der Waals surface area (Å²) >= 11 is 8.75.